The SMILES string of the molecule is COc1cccc(NC(=O)N(C)C[C@@H]2OCc3ccccc3-c3c(n(C)c4ccccc34)C(=O)N([C@H](C)CO)C[C@@H]2C)c1. The molecule has 2 heterocycles. The summed E-state index contributed by atoms with van der Waals surface area (Å²) >= 11 is 0. The third-order valence-corrected chi connectivity index (χ3v) is 8.35. The van der Waals surface area contributed by atoms with Crippen molar-refractivity contribution in [1.82, 2.24) is 14.4 Å². The Bertz CT molecular complexity index is 1620. The average molecular weight is 585 g/mol. The zero-order valence-corrected chi connectivity index (χ0v) is 25.4. The van der Waals surface area contributed by atoms with Crippen molar-refractivity contribution in [2.24, 2.45) is 13.0 Å². The molecule has 43 heavy (non-hydrogen) atoms. The first kappa shape index (κ1) is 30.1. The Kier molecular flexibility index (Phi) is 9.03. The van der Waals surface area contributed by atoms with Crippen molar-refractivity contribution in [3.63, 3.8) is 0 Å². The number of methoxy groups -OCH3 is 1. The number of aliphatic hydroxyl groups is 1. The number of amides is 3. The molecule has 226 valence electrons. The Morgan fingerprint density at radius 1 is 1.14 bits per heavy atom. The van der Waals surface area contributed by atoms with Crippen molar-refractivity contribution < 1.29 is 24.2 Å². The average Bonchev–Trinajstić information content (AvgIpc) is 3.32. The molecule has 3 atom stereocenters. The number of aromatic nitrogens is 1. The topological polar surface area (TPSA) is 96.3 Å². The second kappa shape index (κ2) is 12.9. The minimum absolute atomic E-state index is 0.151. The summed E-state index contributed by atoms with van der Waals surface area (Å²) in [5.41, 5.74) is 4.90. The third-order valence-electron chi connectivity index (χ3n) is 8.35. The van der Waals surface area contributed by atoms with E-state index in [2.05, 4.69) is 5.32 Å². The molecule has 1 aliphatic rings. The smallest absolute Gasteiger partial charge is 0.321 e. The van der Waals surface area contributed by atoms with E-state index in [1.54, 1.807) is 36.1 Å². The van der Waals surface area contributed by atoms with E-state index in [0.29, 0.717) is 36.8 Å². The molecule has 1 aliphatic heterocycles. The highest BCUT2D eigenvalue weighted by Crippen LogP contribution is 2.38. The standard InChI is InChI=1S/C34H40N4O5/c1-22-18-38(23(2)20-39)33(40)32-31(28-15-8-9-16-29(28)37(32)4)27-14-7-6-11-24(27)21-43-30(22)19-36(3)34(41)35-25-12-10-13-26(17-25)42-5/h6-17,22-23,30,39H,18-21H2,1-5H3,(H,35,41)/t22-,23+,30-/m0/s1. The highest BCUT2D eigenvalue weighted by molar-refractivity contribution is 6.10. The van der Waals surface area contributed by atoms with Gasteiger partial charge in [-0.2, -0.15) is 0 Å². The monoisotopic (exact) mass is 584 g/mol. The molecule has 0 saturated carbocycles. The van der Waals surface area contributed by atoms with Crippen molar-refractivity contribution in [3.8, 4) is 16.9 Å². The van der Waals surface area contributed by atoms with Gasteiger partial charge in [0.15, 0.2) is 0 Å². The fourth-order valence-electron chi connectivity index (χ4n) is 5.80. The maximum atomic E-state index is 14.5. The van der Waals surface area contributed by atoms with E-state index in [0.717, 1.165) is 27.6 Å². The number of para-hydroxylation sites is 1. The van der Waals surface area contributed by atoms with Gasteiger partial charge in [-0.1, -0.05) is 55.5 Å². The van der Waals surface area contributed by atoms with Gasteiger partial charge < -0.3 is 34.3 Å². The first-order chi connectivity index (χ1) is 20.7. The summed E-state index contributed by atoms with van der Waals surface area (Å²) in [6.45, 7) is 4.64. The number of rotatable bonds is 6. The van der Waals surface area contributed by atoms with Crippen LogP contribution < -0.4 is 10.1 Å². The Balaban J connectivity index is 1.52. The van der Waals surface area contributed by atoms with Crippen molar-refractivity contribution in [2.45, 2.75) is 32.6 Å². The largest absolute Gasteiger partial charge is 0.497 e. The number of carbonyl (C=O) groups is 2. The zero-order valence-electron chi connectivity index (χ0n) is 25.4. The summed E-state index contributed by atoms with van der Waals surface area (Å²) in [4.78, 5) is 31.0. The molecule has 0 unspecified atom stereocenters. The molecule has 3 amide bonds. The maximum Gasteiger partial charge on any atom is 0.321 e. The Labute approximate surface area is 252 Å². The number of hydrogen-bond acceptors (Lipinski definition) is 5. The van der Waals surface area contributed by atoms with Gasteiger partial charge in [0, 0.05) is 61.3 Å². The highest BCUT2D eigenvalue weighted by Gasteiger charge is 2.34. The molecule has 0 aliphatic carbocycles. The van der Waals surface area contributed by atoms with Gasteiger partial charge in [-0.3, -0.25) is 4.79 Å². The number of hydrogen-bond donors (Lipinski definition) is 2. The van der Waals surface area contributed by atoms with Crippen LogP contribution >= 0.6 is 0 Å². The van der Waals surface area contributed by atoms with E-state index < -0.39 is 12.1 Å². The van der Waals surface area contributed by atoms with Gasteiger partial charge in [-0.15, -0.1) is 0 Å². The fourth-order valence-corrected chi connectivity index (χ4v) is 5.80. The Hall–Kier alpha value is -4.34. The number of ether oxygens (including phenoxy) is 2. The number of benzene rings is 3. The molecule has 0 spiro atoms. The molecule has 2 N–H and O–H groups in total. The predicted molar refractivity (Wildman–Crippen MR) is 168 cm³/mol. The number of urea groups is 1. The van der Waals surface area contributed by atoms with Crippen LogP contribution in [0, 0.1) is 5.92 Å². The molecule has 9 nitrogen and oxygen atoms in total. The van der Waals surface area contributed by atoms with Crippen LogP contribution in [0.25, 0.3) is 22.0 Å². The molecule has 0 bridgehead atoms. The van der Waals surface area contributed by atoms with Gasteiger partial charge in [0.1, 0.15) is 11.4 Å². The highest BCUT2D eigenvalue weighted by atomic mass is 16.5. The predicted octanol–water partition coefficient (Wildman–Crippen LogP) is 5.38. The second-order valence-electron chi connectivity index (χ2n) is 11.3. The maximum absolute atomic E-state index is 14.5. The van der Waals surface area contributed by atoms with Crippen LogP contribution in [0.5, 0.6) is 5.75 Å². The lowest BCUT2D eigenvalue weighted by Crippen LogP contribution is -2.48. The quantitative estimate of drug-likeness (QED) is 0.318. The number of carbonyl (C=O) groups excluding carboxylic acids is 2. The fraction of sp³-hybridized carbons (Fsp3) is 0.353. The van der Waals surface area contributed by atoms with Gasteiger partial charge in [-0.25, -0.2) is 4.79 Å². The van der Waals surface area contributed by atoms with Crippen LogP contribution in [0.3, 0.4) is 0 Å². The van der Waals surface area contributed by atoms with E-state index in [9.17, 15) is 14.7 Å². The lowest BCUT2D eigenvalue weighted by molar-refractivity contribution is -0.0179. The van der Waals surface area contributed by atoms with Crippen LogP contribution in [0.2, 0.25) is 0 Å². The van der Waals surface area contributed by atoms with Crippen LogP contribution in [0.15, 0.2) is 72.8 Å². The van der Waals surface area contributed by atoms with Gasteiger partial charge >= 0.3 is 6.03 Å². The molecule has 0 fully saturated rings. The molecule has 9 heteroatoms. The number of fused-ring (bicyclic) bond motifs is 5. The molecular formula is C34H40N4O5. The minimum Gasteiger partial charge on any atom is -0.497 e. The van der Waals surface area contributed by atoms with E-state index in [-0.39, 0.29) is 24.5 Å². The number of anilines is 1. The summed E-state index contributed by atoms with van der Waals surface area (Å²) in [6.07, 6.45) is -0.395. The summed E-state index contributed by atoms with van der Waals surface area (Å²) in [5, 5.41) is 14.1. The van der Waals surface area contributed by atoms with Crippen molar-refractivity contribution >= 4 is 28.5 Å². The lowest BCUT2D eigenvalue weighted by Gasteiger charge is -2.35. The van der Waals surface area contributed by atoms with E-state index >= 15 is 0 Å². The number of nitrogens with one attached hydrogen (secondary N) is 1. The van der Waals surface area contributed by atoms with Crippen LogP contribution in [0.4, 0.5) is 10.5 Å². The van der Waals surface area contributed by atoms with Gasteiger partial charge in [0.2, 0.25) is 0 Å². The van der Waals surface area contributed by atoms with Crippen molar-refractivity contribution in [3.05, 3.63) is 84.1 Å². The van der Waals surface area contributed by atoms with Gasteiger partial charge in [-0.05, 0) is 36.2 Å². The van der Waals surface area contributed by atoms with Gasteiger partial charge in [0.05, 0.1) is 32.5 Å². The summed E-state index contributed by atoms with van der Waals surface area (Å²) in [6, 6.07) is 22.5. The molecule has 0 saturated heterocycles. The molecule has 5 rings (SSSR count). The number of aryl methyl sites for hydroxylation is 1. The first-order valence-corrected chi connectivity index (χ1v) is 14.6. The summed E-state index contributed by atoms with van der Waals surface area (Å²) in [5.74, 6) is 0.339. The normalized spacial score (nSPS) is 17.9. The van der Waals surface area contributed by atoms with Crippen molar-refractivity contribution in [2.75, 3.05) is 39.2 Å². The van der Waals surface area contributed by atoms with Crippen LogP contribution in [0.1, 0.15) is 29.9 Å². The van der Waals surface area contributed by atoms with Crippen molar-refractivity contribution in [1.29, 1.82) is 0 Å². The third kappa shape index (κ3) is 6.09. The van der Waals surface area contributed by atoms with E-state index in [4.69, 9.17) is 9.47 Å². The molecule has 1 aromatic heterocycles. The Morgan fingerprint density at radius 2 is 1.88 bits per heavy atom. The van der Waals surface area contributed by atoms with E-state index in [1.165, 1.54) is 0 Å². The minimum atomic E-state index is -0.424. The summed E-state index contributed by atoms with van der Waals surface area (Å²) < 4.78 is 13.8. The molecule has 4 aromatic rings. The molecule has 3 aromatic carbocycles. The Morgan fingerprint density at radius 3 is 2.65 bits per heavy atom. The number of nitrogens with zero attached hydrogens (tertiary/aromatic N) is 3. The number of aliphatic hydroxyl groups excluding tert-OH is 1. The number of likely N-dealkylation sites (N-methyl/N-ethyl adjacent to an activating group) is 1. The summed E-state index contributed by atoms with van der Waals surface area (Å²) in [7, 11) is 5.23. The van der Waals surface area contributed by atoms with Crippen LogP contribution in [-0.4, -0.2) is 77.4 Å². The lowest BCUT2D eigenvalue weighted by atomic mass is 9.96. The van der Waals surface area contributed by atoms with Gasteiger partial charge in [0.25, 0.3) is 5.91 Å². The second-order valence-corrected chi connectivity index (χ2v) is 11.3. The van der Waals surface area contributed by atoms with E-state index in [1.807, 2.05) is 86.1 Å². The van der Waals surface area contributed by atoms with Crippen LogP contribution in [-0.2, 0) is 18.4 Å². The molecular weight excluding hydrogens is 544 g/mol. The molecule has 0 radical (unpaired) electrons. The first-order valence-electron chi connectivity index (χ1n) is 14.6. The zero-order chi connectivity index (χ0) is 30.7.